The first-order chi connectivity index (χ1) is 6.33. The van der Waals surface area contributed by atoms with Gasteiger partial charge < -0.3 is 10.6 Å². The second-order valence-electron chi connectivity index (χ2n) is 4.37. The van der Waals surface area contributed by atoms with Gasteiger partial charge in [-0.2, -0.15) is 0 Å². The van der Waals surface area contributed by atoms with Gasteiger partial charge >= 0.3 is 0 Å². The zero-order valence-electron chi connectivity index (χ0n) is 9.10. The second kappa shape index (κ2) is 6.39. The molecule has 0 aromatic rings. The van der Waals surface area contributed by atoms with E-state index in [1.54, 1.807) is 0 Å². The maximum Gasteiger partial charge on any atom is 0.0164 e. The Morgan fingerprint density at radius 2 is 1.92 bits per heavy atom. The van der Waals surface area contributed by atoms with E-state index < -0.39 is 0 Å². The Labute approximate surface area is 82.5 Å². The fraction of sp³-hybridized carbons (Fsp3) is 1.00. The van der Waals surface area contributed by atoms with Gasteiger partial charge in [-0.15, -0.1) is 0 Å². The quantitative estimate of drug-likeness (QED) is 0.680. The van der Waals surface area contributed by atoms with Gasteiger partial charge in [0.05, 0.1) is 0 Å². The van der Waals surface area contributed by atoms with Crippen molar-refractivity contribution in [2.45, 2.75) is 45.1 Å². The summed E-state index contributed by atoms with van der Waals surface area (Å²) in [7, 11) is 2.01. The lowest BCUT2D eigenvalue weighted by Crippen LogP contribution is -2.38. The maximum absolute atomic E-state index is 3.59. The van der Waals surface area contributed by atoms with E-state index in [-0.39, 0.29) is 0 Å². The average molecular weight is 184 g/mol. The van der Waals surface area contributed by atoms with Gasteiger partial charge in [-0.05, 0) is 39.3 Å². The fourth-order valence-electron chi connectivity index (χ4n) is 2.14. The smallest absolute Gasteiger partial charge is 0.0164 e. The van der Waals surface area contributed by atoms with E-state index in [2.05, 4.69) is 17.6 Å². The van der Waals surface area contributed by atoms with Crippen LogP contribution in [0.5, 0.6) is 0 Å². The molecule has 13 heavy (non-hydrogen) atoms. The summed E-state index contributed by atoms with van der Waals surface area (Å²) < 4.78 is 0. The van der Waals surface area contributed by atoms with Crippen molar-refractivity contribution in [1.29, 1.82) is 0 Å². The highest BCUT2D eigenvalue weighted by Crippen LogP contribution is 2.22. The van der Waals surface area contributed by atoms with Gasteiger partial charge in [0.15, 0.2) is 0 Å². The van der Waals surface area contributed by atoms with Crippen LogP contribution in [0, 0.1) is 5.92 Å². The molecule has 2 N–H and O–H groups in total. The van der Waals surface area contributed by atoms with E-state index in [1.165, 1.54) is 38.6 Å². The molecule has 0 saturated heterocycles. The van der Waals surface area contributed by atoms with Gasteiger partial charge in [-0.3, -0.25) is 0 Å². The molecule has 1 saturated carbocycles. The number of rotatable bonds is 5. The van der Waals surface area contributed by atoms with E-state index in [9.17, 15) is 0 Å². The standard InChI is InChI=1S/C11H24N2/c1-10(8-12-2)13-9-11-6-4-3-5-7-11/h10-13H,3-9H2,1-2H3. The minimum Gasteiger partial charge on any atom is -0.318 e. The summed E-state index contributed by atoms with van der Waals surface area (Å²) in [5, 5.41) is 6.78. The molecule has 0 radical (unpaired) electrons. The maximum atomic E-state index is 3.59. The molecule has 1 unspecified atom stereocenters. The van der Waals surface area contributed by atoms with Gasteiger partial charge in [0.2, 0.25) is 0 Å². The number of likely N-dealkylation sites (N-methyl/N-ethyl adjacent to an activating group) is 1. The van der Waals surface area contributed by atoms with Crippen LogP contribution in [0.2, 0.25) is 0 Å². The molecule has 0 bridgehead atoms. The zero-order valence-corrected chi connectivity index (χ0v) is 9.10. The fourth-order valence-corrected chi connectivity index (χ4v) is 2.14. The normalized spacial score (nSPS) is 21.7. The molecule has 0 aromatic heterocycles. The highest BCUT2D eigenvalue weighted by Gasteiger charge is 2.13. The van der Waals surface area contributed by atoms with Crippen molar-refractivity contribution in [2.24, 2.45) is 5.92 Å². The van der Waals surface area contributed by atoms with E-state index in [4.69, 9.17) is 0 Å². The summed E-state index contributed by atoms with van der Waals surface area (Å²) in [6.45, 7) is 4.55. The molecule has 0 amide bonds. The molecule has 0 aliphatic heterocycles. The van der Waals surface area contributed by atoms with Crippen LogP contribution < -0.4 is 10.6 Å². The Kier molecular flexibility index (Phi) is 5.40. The van der Waals surface area contributed by atoms with Crippen molar-refractivity contribution in [3.63, 3.8) is 0 Å². The third-order valence-corrected chi connectivity index (χ3v) is 2.99. The van der Waals surface area contributed by atoms with Crippen LogP contribution in [0.4, 0.5) is 0 Å². The average Bonchev–Trinajstić information content (AvgIpc) is 2.17. The first-order valence-corrected chi connectivity index (χ1v) is 5.71. The van der Waals surface area contributed by atoms with Gasteiger partial charge in [0.25, 0.3) is 0 Å². The van der Waals surface area contributed by atoms with E-state index in [0.717, 1.165) is 12.5 Å². The van der Waals surface area contributed by atoms with Crippen LogP contribution >= 0.6 is 0 Å². The van der Waals surface area contributed by atoms with Gasteiger partial charge in [-0.1, -0.05) is 19.3 Å². The number of hydrogen-bond acceptors (Lipinski definition) is 2. The Hall–Kier alpha value is -0.0800. The summed E-state index contributed by atoms with van der Waals surface area (Å²) in [5.41, 5.74) is 0. The van der Waals surface area contributed by atoms with Crippen molar-refractivity contribution in [1.82, 2.24) is 10.6 Å². The van der Waals surface area contributed by atoms with E-state index >= 15 is 0 Å². The molecule has 0 aromatic carbocycles. The SMILES string of the molecule is CNCC(C)NCC1CCCCC1. The molecule has 2 heteroatoms. The lowest BCUT2D eigenvalue weighted by molar-refractivity contribution is 0.329. The van der Waals surface area contributed by atoms with Crippen LogP contribution in [0.15, 0.2) is 0 Å². The van der Waals surface area contributed by atoms with Crippen LogP contribution in [0.25, 0.3) is 0 Å². The monoisotopic (exact) mass is 184 g/mol. The predicted octanol–water partition coefficient (Wildman–Crippen LogP) is 1.76. The third kappa shape index (κ3) is 4.63. The molecule has 1 aliphatic carbocycles. The van der Waals surface area contributed by atoms with Crippen molar-refractivity contribution >= 4 is 0 Å². The van der Waals surface area contributed by atoms with Crippen LogP contribution in [0.1, 0.15) is 39.0 Å². The van der Waals surface area contributed by atoms with Crippen molar-refractivity contribution in [2.75, 3.05) is 20.1 Å². The van der Waals surface area contributed by atoms with E-state index in [0.29, 0.717) is 6.04 Å². The first-order valence-electron chi connectivity index (χ1n) is 5.71. The van der Waals surface area contributed by atoms with Crippen LogP contribution in [0.3, 0.4) is 0 Å². The number of nitrogens with one attached hydrogen (secondary N) is 2. The van der Waals surface area contributed by atoms with Crippen molar-refractivity contribution in [3.05, 3.63) is 0 Å². The first kappa shape index (κ1) is 11.0. The highest BCUT2D eigenvalue weighted by atomic mass is 15.0. The molecular formula is C11H24N2. The summed E-state index contributed by atoms with van der Waals surface area (Å²) >= 11 is 0. The second-order valence-corrected chi connectivity index (χ2v) is 4.37. The number of hydrogen-bond donors (Lipinski definition) is 2. The van der Waals surface area contributed by atoms with E-state index in [1.807, 2.05) is 7.05 Å². The molecule has 0 spiro atoms. The third-order valence-electron chi connectivity index (χ3n) is 2.99. The largest absolute Gasteiger partial charge is 0.318 e. The van der Waals surface area contributed by atoms with Crippen molar-refractivity contribution < 1.29 is 0 Å². The summed E-state index contributed by atoms with van der Waals surface area (Å²) in [6, 6.07) is 0.618. The van der Waals surface area contributed by atoms with Crippen molar-refractivity contribution in [3.8, 4) is 0 Å². The summed E-state index contributed by atoms with van der Waals surface area (Å²) in [4.78, 5) is 0. The molecule has 78 valence electrons. The lowest BCUT2D eigenvalue weighted by atomic mass is 9.89. The Morgan fingerprint density at radius 1 is 1.23 bits per heavy atom. The summed E-state index contributed by atoms with van der Waals surface area (Å²) in [5.74, 6) is 0.952. The molecule has 1 atom stereocenters. The topological polar surface area (TPSA) is 24.1 Å². The Balaban J connectivity index is 2.03. The van der Waals surface area contributed by atoms with Gasteiger partial charge in [0.1, 0.15) is 0 Å². The molecule has 2 nitrogen and oxygen atoms in total. The van der Waals surface area contributed by atoms with Crippen LogP contribution in [-0.4, -0.2) is 26.2 Å². The highest BCUT2D eigenvalue weighted by molar-refractivity contribution is 4.71. The zero-order chi connectivity index (χ0) is 9.52. The lowest BCUT2D eigenvalue weighted by Gasteiger charge is -2.23. The Morgan fingerprint density at radius 3 is 2.54 bits per heavy atom. The predicted molar refractivity (Wildman–Crippen MR) is 58.0 cm³/mol. The minimum atomic E-state index is 0.618. The minimum absolute atomic E-state index is 0.618. The molecule has 0 heterocycles. The Bertz CT molecular complexity index is 119. The molecule has 1 rings (SSSR count). The molecular weight excluding hydrogens is 160 g/mol. The van der Waals surface area contributed by atoms with Gasteiger partial charge in [0, 0.05) is 12.6 Å². The molecule has 1 fully saturated rings. The molecule has 1 aliphatic rings. The van der Waals surface area contributed by atoms with Gasteiger partial charge in [-0.25, -0.2) is 0 Å². The summed E-state index contributed by atoms with van der Waals surface area (Å²) in [6.07, 6.45) is 7.25. The van der Waals surface area contributed by atoms with Crippen LogP contribution in [-0.2, 0) is 0 Å².